The molecule has 0 bridgehead atoms. The Bertz CT molecular complexity index is 644. The second-order valence-electron chi connectivity index (χ2n) is 5.01. The highest BCUT2D eigenvalue weighted by Crippen LogP contribution is 2.26. The maximum absolute atomic E-state index is 12.5. The highest BCUT2D eigenvalue weighted by molar-refractivity contribution is 8.01. The Hall–Kier alpha value is -1.31. The van der Waals surface area contributed by atoms with Gasteiger partial charge >= 0.3 is 0 Å². The van der Waals surface area contributed by atoms with Crippen LogP contribution in [-0.2, 0) is 14.8 Å². The van der Waals surface area contributed by atoms with Crippen LogP contribution in [0.5, 0.6) is 0 Å². The van der Waals surface area contributed by atoms with E-state index >= 15 is 0 Å². The fourth-order valence-corrected chi connectivity index (χ4v) is 5.01. The number of benzene rings is 1. The predicted molar refractivity (Wildman–Crippen MR) is 90.7 cm³/mol. The minimum absolute atomic E-state index is 0.149. The van der Waals surface area contributed by atoms with Crippen LogP contribution in [0.4, 0.5) is 0 Å². The highest BCUT2D eigenvalue weighted by atomic mass is 32.2. The number of amides is 1. The molecular formula is C15H20N2O3S2. The first-order chi connectivity index (χ1) is 10.5. The quantitative estimate of drug-likeness (QED) is 0.821. The number of sulfonamides is 1. The van der Waals surface area contributed by atoms with Crippen LogP contribution in [-0.4, -0.2) is 54.8 Å². The van der Waals surface area contributed by atoms with Crippen molar-refractivity contribution in [2.24, 2.45) is 0 Å². The van der Waals surface area contributed by atoms with Crippen LogP contribution in [0.2, 0.25) is 0 Å². The Morgan fingerprint density at radius 1 is 1.41 bits per heavy atom. The molecule has 0 aliphatic carbocycles. The van der Waals surface area contributed by atoms with E-state index in [9.17, 15) is 13.2 Å². The summed E-state index contributed by atoms with van der Waals surface area (Å²) in [4.78, 5) is 13.8. The molecule has 0 aromatic heterocycles. The summed E-state index contributed by atoms with van der Waals surface area (Å²) in [5.74, 6) is 0.668. The van der Waals surface area contributed by atoms with Gasteiger partial charge in [0, 0.05) is 24.8 Å². The lowest BCUT2D eigenvalue weighted by molar-refractivity contribution is -0.132. The summed E-state index contributed by atoms with van der Waals surface area (Å²) < 4.78 is 26.3. The van der Waals surface area contributed by atoms with Gasteiger partial charge in [-0.2, -0.15) is 4.31 Å². The van der Waals surface area contributed by atoms with Gasteiger partial charge in [-0.1, -0.05) is 30.3 Å². The average molecular weight is 340 g/mol. The first kappa shape index (κ1) is 17.1. The van der Waals surface area contributed by atoms with Crippen molar-refractivity contribution < 1.29 is 13.2 Å². The molecule has 1 aromatic rings. The molecule has 1 heterocycles. The van der Waals surface area contributed by atoms with Crippen LogP contribution < -0.4 is 0 Å². The summed E-state index contributed by atoms with van der Waals surface area (Å²) in [6.07, 6.45) is 1.56. The number of carbonyl (C=O) groups is 1. The largest absolute Gasteiger partial charge is 0.345 e. The van der Waals surface area contributed by atoms with Gasteiger partial charge < -0.3 is 4.90 Å². The summed E-state index contributed by atoms with van der Waals surface area (Å²) >= 11 is 1.46. The molecule has 0 spiro atoms. The Morgan fingerprint density at radius 3 is 2.73 bits per heavy atom. The molecule has 0 unspecified atom stereocenters. The van der Waals surface area contributed by atoms with E-state index in [0.29, 0.717) is 18.2 Å². The molecule has 120 valence electrons. The Kier molecular flexibility index (Phi) is 5.66. The van der Waals surface area contributed by atoms with Crippen molar-refractivity contribution in [3.63, 3.8) is 0 Å². The first-order valence-corrected chi connectivity index (χ1v) is 9.69. The average Bonchev–Trinajstić information content (AvgIpc) is 3.03. The van der Waals surface area contributed by atoms with Crippen molar-refractivity contribution in [2.45, 2.75) is 13.0 Å². The first-order valence-electron chi connectivity index (χ1n) is 7.03. The van der Waals surface area contributed by atoms with Crippen LogP contribution in [0, 0.1) is 0 Å². The fraction of sp³-hybridized carbons (Fsp3) is 0.400. The number of nitrogens with zero attached hydrogens (tertiary/aromatic N) is 2. The van der Waals surface area contributed by atoms with Crippen LogP contribution in [0.15, 0.2) is 35.7 Å². The van der Waals surface area contributed by atoms with Gasteiger partial charge in [-0.15, -0.1) is 11.8 Å². The lowest BCUT2D eigenvalue weighted by atomic mass is 10.2. The normalized spacial score (nSPS) is 19.6. The van der Waals surface area contributed by atoms with Gasteiger partial charge in [0.1, 0.15) is 6.04 Å². The molecule has 0 saturated carbocycles. The molecular weight excluding hydrogens is 320 g/mol. The van der Waals surface area contributed by atoms with Gasteiger partial charge in [-0.05, 0) is 18.6 Å². The van der Waals surface area contributed by atoms with Crippen molar-refractivity contribution >= 4 is 33.8 Å². The van der Waals surface area contributed by atoms with Crippen LogP contribution in [0.25, 0.3) is 6.08 Å². The van der Waals surface area contributed by atoms with E-state index in [1.54, 1.807) is 18.0 Å². The van der Waals surface area contributed by atoms with Gasteiger partial charge in [0.25, 0.3) is 0 Å². The Morgan fingerprint density at radius 2 is 2.09 bits per heavy atom. The fourth-order valence-electron chi connectivity index (χ4n) is 2.09. The maximum Gasteiger partial charge on any atom is 0.241 e. The third kappa shape index (κ3) is 3.91. The molecule has 22 heavy (non-hydrogen) atoms. The molecule has 0 radical (unpaired) electrons. The number of hydrogen-bond acceptors (Lipinski definition) is 4. The van der Waals surface area contributed by atoms with E-state index in [2.05, 4.69) is 0 Å². The van der Waals surface area contributed by atoms with Crippen molar-refractivity contribution in [1.29, 1.82) is 0 Å². The molecule has 1 saturated heterocycles. The molecule has 1 aliphatic heterocycles. The smallest absolute Gasteiger partial charge is 0.241 e. The second kappa shape index (κ2) is 7.30. The van der Waals surface area contributed by atoms with Gasteiger partial charge in [0.05, 0.1) is 5.88 Å². The summed E-state index contributed by atoms with van der Waals surface area (Å²) in [6.45, 7) is 2.43. The molecule has 1 amide bonds. The zero-order chi connectivity index (χ0) is 16.2. The second-order valence-corrected chi connectivity index (χ2v) is 7.78. The number of thioether (sulfide) groups is 1. The molecule has 1 atom stereocenters. The van der Waals surface area contributed by atoms with Gasteiger partial charge in [0.15, 0.2) is 0 Å². The van der Waals surface area contributed by atoms with E-state index < -0.39 is 16.1 Å². The van der Waals surface area contributed by atoms with E-state index in [4.69, 9.17) is 0 Å². The number of carbonyl (C=O) groups excluding carboxylic acids is 1. The lowest BCUT2D eigenvalue weighted by Gasteiger charge is -2.25. The topological polar surface area (TPSA) is 57.7 Å². The van der Waals surface area contributed by atoms with E-state index in [1.807, 2.05) is 37.3 Å². The Balaban J connectivity index is 2.17. The van der Waals surface area contributed by atoms with Crippen molar-refractivity contribution in [2.75, 3.05) is 25.2 Å². The third-order valence-electron chi connectivity index (χ3n) is 3.54. The summed E-state index contributed by atoms with van der Waals surface area (Å²) in [5.41, 5.74) is 0.812. The molecule has 1 aromatic carbocycles. The lowest BCUT2D eigenvalue weighted by Crippen LogP contribution is -2.47. The van der Waals surface area contributed by atoms with E-state index in [1.165, 1.54) is 21.5 Å². The monoisotopic (exact) mass is 340 g/mol. The molecule has 5 nitrogen and oxygen atoms in total. The van der Waals surface area contributed by atoms with Crippen molar-refractivity contribution in [3.05, 3.63) is 41.3 Å². The maximum atomic E-state index is 12.5. The zero-order valence-corrected chi connectivity index (χ0v) is 14.3. The minimum atomic E-state index is -3.61. The summed E-state index contributed by atoms with van der Waals surface area (Å²) in [6, 6.07) is 8.62. The molecule has 7 heteroatoms. The summed E-state index contributed by atoms with van der Waals surface area (Å²) in [5, 5.41) is 1.18. The third-order valence-corrected chi connectivity index (χ3v) is 6.23. The van der Waals surface area contributed by atoms with E-state index in [-0.39, 0.29) is 5.91 Å². The Labute approximate surface area is 136 Å². The van der Waals surface area contributed by atoms with Crippen LogP contribution in [0.1, 0.15) is 12.5 Å². The number of likely N-dealkylation sites (N-methyl/N-ethyl adjacent to an activating group) is 1. The molecule has 1 fully saturated rings. The zero-order valence-electron chi connectivity index (χ0n) is 12.7. The SMILES string of the molecule is CCN(C)C(=O)[C@@H]1CSCN1S(=O)(=O)/C=C\c1ccccc1. The van der Waals surface area contributed by atoms with Gasteiger partial charge in [-0.25, -0.2) is 8.42 Å². The predicted octanol–water partition coefficient (Wildman–Crippen LogP) is 1.84. The van der Waals surface area contributed by atoms with Crippen LogP contribution >= 0.6 is 11.8 Å². The standard InChI is InChI=1S/C15H20N2O3S2/c1-3-16(2)15(18)14-11-21-12-17(14)22(19,20)10-9-13-7-5-4-6-8-13/h4-10,14H,3,11-12H2,1-2H3/b10-9-/t14-/m0/s1. The molecule has 0 N–H and O–H groups in total. The number of hydrogen-bond donors (Lipinski definition) is 0. The minimum Gasteiger partial charge on any atom is -0.345 e. The molecule has 1 aliphatic rings. The molecule has 2 rings (SSSR count). The van der Waals surface area contributed by atoms with E-state index in [0.717, 1.165) is 5.56 Å². The van der Waals surface area contributed by atoms with Gasteiger partial charge in [-0.3, -0.25) is 4.79 Å². The highest BCUT2D eigenvalue weighted by Gasteiger charge is 2.39. The van der Waals surface area contributed by atoms with Crippen molar-refractivity contribution in [1.82, 2.24) is 9.21 Å². The van der Waals surface area contributed by atoms with Crippen LogP contribution in [0.3, 0.4) is 0 Å². The summed E-state index contributed by atoms with van der Waals surface area (Å²) in [7, 11) is -1.92. The number of rotatable bonds is 5. The van der Waals surface area contributed by atoms with Gasteiger partial charge in [0.2, 0.25) is 15.9 Å². The van der Waals surface area contributed by atoms with Crippen molar-refractivity contribution in [3.8, 4) is 0 Å².